The Morgan fingerprint density at radius 3 is 2.92 bits per heavy atom. The van der Waals surface area contributed by atoms with Gasteiger partial charge in [-0.15, -0.1) is 11.3 Å². The number of sulfonamides is 1. The monoisotopic (exact) mass is 368 g/mol. The molecule has 9 heteroatoms. The molecule has 1 aliphatic heterocycles. The molecule has 3 rings (SSSR count). The Bertz CT molecular complexity index is 827. The molecule has 0 saturated carbocycles. The molecule has 24 heavy (non-hydrogen) atoms. The van der Waals surface area contributed by atoms with Crippen LogP contribution < -0.4 is 5.32 Å². The number of carbonyl (C=O) groups is 1. The number of thiophene rings is 1. The molecule has 1 aliphatic rings. The van der Waals surface area contributed by atoms with Crippen molar-refractivity contribution in [2.75, 3.05) is 19.3 Å². The van der Waals surface area contributed by atoms with Crippen LogP contribution in [0.2, 0.25) is 0 Å². The van der Waals surface area contributed by atoms with E-state index < -0.39 is 10.0 Å². The summed E-state index contributed by atoms with van der Waals surface area (Å²) < 4.78 is 26.9. The summed E-state index contributed by atoms with van der Waals surface area (Å²) in [5.74, 6) is 0.377. The molecular weight excluding hydrogens is 348 g/mol. The van der Waals surface area contributed by atoms with Crippen LogP contribution in [0, 0.1) is 0 Å². The zero-order chi connectivity index (χ0) is 17.3. The smallest absolute Gasteiger partial charge is 0.271 e. The molecule has 1 N–H and O–H groups in total. The highest BCUT2D eigenvalue weighted by atomic mass is 32.2. The predicted octanol–water partition coefficient (Wildman–Crippen LogP) is 1.25. The summed E-state index contributed by atoms with van der Waals surface area (Å²) >= 11 is 1.66. The van der Waals surface area contributed by atoms with Crippen molar-refractivity contribution in [3.8, 4) is 0 Å². The Morgan fingerprint density at radius 1 is 1.46 bits per heavy atom. The van der Waals surface area contributed by atoms with Crippen LogP contribution in [-0.4, -0.2) is 47.5 Å². The molecule has 1 atom stereocenters. The number of nitrogens with zero attached hydrogens (tertiary/aromatic N) is 3. The van der Waals surface area contributed by atoms with Gasteiger partial charge in [0.05, 0.1) is 12.3 Å². The highest BCUT2D eigenvalue weighted by molar-refractivity contribution is 7.88. The van der Waals surface area contributed by atoms with Crippen molar-refractivity contribution < 1.29 is 13.2 Å². The average Bonchev–Trinajstić information content (AvgIpc) is 3.15. The molecule has 130 valence electrons. The van der Waals surface area contributed by atoms with Crippen LogP contribution in [0.15, 0.2) is 23.7 Å². The van der Waals surface area contributed by atoms with Gasteiger partial charge in [-0.25, -0.2) is 13.4 Å². The lowest BCUT2D eigenvalue weighted by atomic mass is 10.2. The van der Waals surface area contributed by atoms with Crippen LogP contribution >= 0.6 is 11.3 Å². The molecule has 0 aliphatic carbocycles. The van der Waals surface area contributed by atoms with Gasteiger partial charge in [0.2, 0.25) is 10.0 Å². The summed E-state index contributed by atoms with van der Waals surface area (Å²) in [7, 11) is -3.29. The van der Waals surface area contributed by atoms with E-state index in [1.54, 1.807) is 24.5 Å². The van der Waals surface area contributed by atoms with Gasteiger partial charge in [0, 0.05) is 30.7 Å². The molecule has 0 saturated heterocycles. The molecule has 2 aromatic rings. The van der Waals surface area contributed by atoms with Gasteiger partial charge >= 0.3 is 0 Å². The van der Waals surface area contributed by atoms with E-state index in [1.807, 2.05) is 22.1 Å². The van der Waals surface area contributed by atoms with Gasteiger partial charge in [0.1, 0.15) is 11.5 Å². The molecule has 1 amide bonds. The number of imidazole rings is 1. The van der Waals surface area contributed by atoms with Gasteiger partial charge < -0.3 is 9.88 Å². The van der Waals surface area contributed by atoms with E-state index in [9.17, 15) is 13.2 Å². The molecule has 0 fully saturated rings. The van der Waals surface area contributed by atoms with Gasteiger partial charge in [-0.2, -0.15) is 4.31 Å². The standard InChI is InChI=1S/C15H20N4O3S2/c1-11-14-17-13(10-18(14)7-8-19(11)24(2,21)22)15(20)16-6-5-12-4-3-9-23-12/h3-4,9-11H,5-8H2,1-2H3,(H,16,20). The number of carbonyl (C=O) groups excluding carboxylic acids is 1. The fourth-order valence-corrected chi connectivity index (χ4v) is 4.67. The highest BCUT2D eigenvalue weighted by Crippen LogP contribution is 2.26. The third-order valence-corrected chi connectivity index (χ3v) is 6.36. The SMILES string of the molecule is CC1c2nc(C(=O)NCCc3cccs3)cn2CCN1S(C)(=O)=O. The molecule has 3 heterocycles. The Morgan fingerprint density at radius 2 is 2.25 bits per heavy atom. The van der Waals surface area contributed by atoms with Gasteiger partial charge in [-0.05, 0) is 24.8 Å². The maximum atomic E-state index is 12.3. The number of hydrogen-bond acceptors (Lipinski definition) is 5. The van der Waals surface area contributed by atoms with E-state index in [-0.39, 0.29) is 11.9 Å². The molecule has 0 aromatic carbocycles. The number of fused-ring (bicyclic) bond motifs is 1. The number of nitrogens with one attached hydrogen (secondary N) is 1. The van der Waals surface area contributed by atoms with Crippen molar-refractivity contribution in [1.29, 1.82) is 0 Å². The summed E-state index contributed by atoms with van der Waals surface area (Å²) in [4.78, 5) is 17.8. The van der Waals surface area contributed by atoms with Crippen molar-refractivity contribution >= 4 is 27.3 Å². The van der Waals surface area contributed by atoms with E-state index in [4.69, 9.17) is 0 Å². The Kier molecular flexibility index (Phi) is 4.75. The van der Waals surface area contributed by atoms with Crippen molar-refractivity contribution in [2.45, 2.75) is 25.9 Å². The van der Waals surface area contributed by atoms with Crippen molar-refractivity contribution in [2.24, 2.45) is 0 Å². The van der Waals surface area contributed by atoms with E-state index in [2.05, 4.69) is 10.3 Å². The molecule has 7 nitrogen and oxygen atoms in total. The normalized spacial score (nSPS) is 18.3. The summed E-state index contributed by atoms with van der Waals surface area (Å²) in [5, 5.41) is 4.87. The van der Waals surface area contributed by atoms with E-state index in [0.717, 1.165) is 6.42 Å². The third kappa shape index (κ3) is 3.52. The summed E-state index contributed by atoms with van der Waals surface area (Å²) in [6.45, 7) is 3.23. The van der Waals surface area contributed by atoms with Crippen LogP contribution in [0.1, 0.15) is 34.2 Å². The van der Waals surface area contributed by atoms with Gasteiger partial charge in [0.15, 0.2) is 0 Å². The number of aromatic nitrogens is 2. The zero-order valence-corrected chi connectivity index (χ0v) is 15.2. The van der Waals surface area contributed by atoms with Crippen LogP contribution in [0.5, 0.6) is 0 Å². The Labute approximate surface area is 145 Å². The van der Waals surface area contributed by atoms with Gasteiger partial charge in [-0.3, -0.25) is 4.79 Å². The van der Waals surface area contributed by atoms with Crippen molar-refractivity contribution in [3.63, 3.8) is 0 Å². The highest BCUT2D eigenvalue weighted by Gasteiger charge is 2.32. The average molecular weight is 368 g/mol. The summed E-state index contributed by atoms with van der Waals surface area (Å²) in [6.07, 6.45) is 3.68. The summed E-state index contributed by atoms with van der Waals surface area (Å²) in [6, 6.07) is 3.65. The summed E-state index contributed by atoms with van der Waals surface area (Å²) in [5.41, 5.74) is 0.332. The molecule has 0 spiro atoms. The quantitative estimate of drug-likeness (QED) is 0.861. The molecule has 1 unspecified atom stereocenters. The van der Waals surface area contributed by atoms with Crippen molar-refractivity contribution in [1.82, 2.24) is 19.2 Å². The Balaban J connectivity index is 1.67. The van der Waals surface area contributed by atoms with Crippen LogP contribution in [0.25, 0.3) is 0 Å². The van der Waals surface area contributed by atoms with E-state index >= 15 is 0 Å². The fourth-order valence-electron chi connectivity index (χ4n) is 2.88. The molecule has 2 aromatic heterocycles. The Hall–Kier alpha value is -1.71. The van der Waals surface area contributed by atoms with Gasteiger partial charge in [0.25, 0.3) is 5.91 Å². The minimum atomic E-state index is -3.29. The third-order valence-electron chi connectivity index (χ3n) is 4.07. The lowest BCUT2D eigenvalue weighted by Crippen LogP contribution is -2.40. The first-order valence-corrected chi connectivity index (χ1v) is 10.4. The topological polar surface area (TPSA) is 84.3 Å². The first kappa shape index (κ1) is 17.1. The largest absolute Gasteiger partial charge is 0.350 e. The zero-order valence-electron chi connectivity index (χ0n) is 13.6. The first-order chi connectivity index (χ1) is 11.4. The maximum Gasteiger partial charge on any atom is 0.271 e. The fraction of sp³-hybridized carbons (Fsp3) is 0.467. The molecular formula is C15H20N4O3S2. The lowest BCUT2D eigenvalue weighted by molar-refractivity contribution is 0.0949. The molecule has 0 bridgehead atoms. The first-order valence-electron chi connectivity index (χ1n) is 7.70. The van der Waals surface area contributed by atoms with Crippen LogP contribution in [0.3, 0.4) is 0 Å². The number of rotatable bonds is 5. The second kappa shape index (κ2) is 6.66. The van der Waals surface area contributed by atoms with Crippen LogP contribution in [-0.2, 0) is 23.0 Å². The second-order valence-corrected chi connectivity index (χ2v) is 8.78. The maximum absolute atomic E-state index is 12.3. The number of amides is 1. The lowest BCUT2D eigenvalue weighted by Gasteiger charge is -2.31. The van der Waals surface area contributed by atoms with Crippen LogP contribution in [0.4, 0.5) is 0 Å². The second-order valence-electron chi connectivity index (χ2n) is 5.81. The number of hydrogen-bond donors (Lipinski definition) is 1. The van der Waals surface area contributed by atoms with Crippen molar-refractivity contribution in [3.05, 3.63) is 40.1 Å². The minimum absolute atomic E-state index is 0.230. The minimum Gasteiger partial charge on any atom is -0.350 e. The van der Waals surface area contributed by atoms with Gasteiger partial charge in [-0.1, -0.05) is 6.07 Å². The van der Waals surface area contributed by atoms with E-state index in [1.165, 1.54) is 15.4 Å². The predicted molar refractivity (Wildman–Crippen MR) is 92.5 cm³/mol. The van der Waals surface area contributed by atoms with E-state index in [0.29, 0.717) is 31.2 Å². The molecule has 0 radical (unpaired) electrons.